The minimum absolute atomic E-state index is 0.00386. The summed E-state index contributed by atoms with van der Waals surface area (Å²) >= 11 is 0. The number of hydrogen-bond acceptors (Lipinski definition) is 4. The number of piperazine rings is 1. The fourth-order valence-corrected chi connectivity index (χ4v) is 4.65. The van der Waals surface area contributed by atoms with Crippen LogP contribution in [0, 0.1) is 6.92 Å². The van der Waals surface area contributed by atoms with Crippen molar-refractivity contribution in [3.8, 4) is 5.75 Å². The van der Waals surface area contributed by atoms with Crippen molar-refractivity contribution in [3.63, 3.8) is 0 Å². The summed E-state index contributed by atoms with van der Waals surface area (Å²) in [6.07, 6.45) is 0.00386. The smallest absolute Gasteiger partial charge is 0.244 e. The Morgan fingerprint density at radius 2 is 1.70 bits per heavy atom. The van der Waals surface area contributed by atoms with Crippen LogP contribution in [0.4, 0.5) is 0 Å². The molecule has 1 aliphatic heterocycles. The predicted molar refractivity (Wildman–Crippen MR) is 103 cm³/mol. The van der Waals surface area contributed by atoms with E-state index in [9.17, 15) is 13.2 Å². The molecule has 1 N–H and O–H groups in total. The van der Waals surface area contributed by atoms with Crippen molar-refractivity contribution in [2.24, 2.45) is 0 Å². The van der Waals surface area contributed by atoms with Crippen LogP contribution in [0.5, 0.6) is 5.75 Å². The minimum atomic E-state index is -3.83. The summed E-state index contributed by atoms with van der Waals surface area (Å²) < 4.78 is 33.3. The quantitative estimate of drug-likeness (QED) is 0.854. The number of carbonyl (C=O) groups is 1. The first-order chi connectivity index (χ1) is 12.8. The van der Waals surface area contributed by atoms with Crippen LogP contribution in [0.2, 0.25) is 0 Å². The third-order valence-corrected chi connectivity index (χ3v) is 6.24. The molecule has 1 atom stereocenters. The van der Waals surface area contributed by atoms with Crippen molar-refractivity contribution < 1.29 is 17.9 Å². The third-order valence-electron chi connectivity index (χ3n) is 4.36. The van der Waals surface area contributed by atoms with Crippen LogP contribution in [0.3, 0.4) is 0 Å². The monoisotopic (exact) mass is 388 g/mol. The van der Waals surface area contributed by atoms with Gasteiger partial charge in [-0.1, -0.05) is 29.8 Å². The number of nitrogens with zero attached hydrogens (tertiary/aromatic N) is 1. The maximum absolute atomic E-state index is 13.2. The van der Waals surface area contributed by atoms with Crippen LogP contribution in [-0.4, -0.2) is 37.8 Å². The number of amides is 1. The number of aryl methyl sites for hydroxylation is 1. The lowest BCUT2D eigenvalue weighted by Crippen LogP contribution is -2.52. The van der Waals surface area contributed by atoms with E-state index in [1.165, 1.54) is 16.4 Å². The molecule has 1 unspecified atom stereocenters. The minimum Gasteiger partial charge on any atom is -0.491 e. The number of carbonyl (C=O) groups excluding carboxylic acids is 1. The lowest BCUT2D eigenvalue weighted by molar-refractivity contribution is -0.126. The molecule has 1 heterocycles. The standard InChI is InChI=1S/C20H24N2O4S/c1-14(2)26-17-8-10-18(11-9-17)27(24,25)22-13-12-21-20(23)19(22)16-6-4-15(3)5-7-16/h4-11,14,19H,12-13H2,1-3H3,(H,21,23). The zero-order valence-corrected chi connectivity index (χ0v) is 16.5. The zero-order chi connectivity index (χ0) is 19.6. The molecule has 0 aliphatic carbocycles. The van der Waals surface area contributed by atoms with Crippen LogP contribution in [-0.2, 0) is 14.8 Å². The summed E-state index contributed by atoms with van der Waals surface area (Å²) in [4.78, 5) is 12.7. The third kappa shape index (κ3) is 4.14. The first-order valence-corrected chi connectivity index (χ1v) is 10.4. The number of nitrogens with one attached hydrogen (secondary N) is 1. The van der Waals surface area contributed by atoms with E-state index in [0.717, 1.165) is 5.56 Å². The molecule has 0 radical (unpaired) electrons. The molecule has 1 amide bonds. The van der Waals surface area contributed by atoms with Crippen LogP contribution in [0.1, 0.15) is 31.0 Å². The second kappa shape index (κ2) is 7.70. The van der Waals surface area contributed by atoms with Gasteiger partial charge in [-0.2, -0.15) is 4.31 Å². The summed E-state index contributed by atoms with van der Waals surface area (Å²) in [7, 11) is -3.83. The van der Waals surface area contributed by atoms with E-state index in [-0.39, 0.29) is 30.0 Å². The van der Waals surface area contributed by atoms with Gasteiger partial charge in [0.25, 0.3) is 0 Å². The molecule has 0 aromatic heterocycles. The average Bonchev–Trinajstić information content (AvgIpc) is 2.62. The highest BCUT2D eigenvalue weighted by atomic mass is 32.2. The SMILES string of the molecule is Cc1ccc(C2C(=O)NCCN2S(=O)(=O)c2ccc(OC(C)C)cc2)cc1. The average molecular weight is 388 g/mol. The Hall–Kier alpha value is -2.38. The number of benzene rings is 2. The van der Waals surface area contributed by atoms with Gasteiger partial charge in [0.15, 0.2) is 0 Å². The van der Waals surface area contributed by atoms with Gasteiger partial charge in [-0.3, -0.25) is 4.79 Å². The number of hydrogen-bond donors (Lipinski definition) is 1. The Balaban J connectivity index is 1.95. The molecule has 27 heavy (non-hydrogen) atoms. The van der Waals surface area contributed by atoms with E-state index in [4.69, 9.17) is 4.74 Å². The van der Waals surface area contributed by atoms with Crippen LogP contribution < -0.4 is 10.1 Å². The summed E-state index contributed by atoms with van der Waals surface area (Å²) in [5, 5.41) is 2.76. The summed E-state index contributed by atoms with van der Waals surface area (Å²) in [6.45, 7) is 6.26. The molecule has 1 aliphatic rings. The second-order valence-corrected chi connectivity index (χ2v) is 8.75. The molecule has 2 aromatic rings. The summed E-state index contributed by atoms with van der Waals surface area (Å²) in [5.41, 5.74) is 1.70. The van der Waals surface area contributed by atoms with Gasteiger partial charge >= 0.3 is 0 Å². The van der Waals surface area contributed by atoms with Gasteiger partial charge < -0.3 is 10.1 Å². The molecule has 1 saturated heterocycles. The van der Waals surface area contributed by atoms with Gasteiger partial charge in [-0.05, 0) is 50.6 Å². The van der Waals surface area contributed by atoms with Crippen LogP contribution in [0.25, 0.3) is 0 Å². The molecule has 0 saturated carbocycles. The topological polar surface area (TPSA) is 75.7 Å². The highest BCUT2D eigenvalue weighted by Crippen LogP contribution is 2.30. The summed E-state index contributed by atoms with van der Waals surface area (Å²) in [6, 6.07) is 12.8. The zero-order valence-electron chi connectivity index (χ0n) is 15.7. The molecule has 144 valence electrons. The Bertz CT molecular complexity index is 906. The van der Waals surface area contributed by atoms with Gasteiger partial charge in [0.05, 0.1) is 11.0 Å². The Morgan fingerprint density at radius 3 is 2.30 bits per heavy atom. The number of rotatable bonds is 5. The molecule has 0 bridgehead atoms. The molecule has 0 spiro atoms. The molecular weight excluding hydrogens is 364 g/mol. The second-order valence-electron chi connectivity index (χ2n) is 6.86. The maximum atomic E-state index is 13.2. The first kappa shape index (κ1) is 19.4. The van der Waals surface area contributed by atoms with Crippen molar-refractivity contribution in [1.82, 2.24) is 9.62 Å². The van der Waals surface area contributed by atoms with Gasteiger partial charge in [-0.25, -0.2) is 8.42 Å². The number of sulfonamides is 1. The van der Waals surface area contributed by atoms with Gasteiger partial charge in [-0.15, -0.1) is 0 Å². The van der Waals surface area contributed by atoms with Crippen molar-refractivity contribution in [2.75, 3.05) is 13.1 Å². The first-order valence-electron chi connectivity index (χ1n) is 8.92. The van der Waals surface area contributed by atoms with Crippen molar-refractivity contribution >= 4 is 15.9 Å². The lowest BCUT2D eigenvalue weighted by Gasteiger charge is -2.34. The fourth-order valence-electron chi connectivity index (χ4n) is 3.07. The van der Waals surface area contributed by atoms with E-state index < -0.39 is 16.1 Å². The van der Waals surface area contributed by atoms with E-state index in [0.29, 0.717) is 11.3 Å². The molecule has 7 heteroatoms. The molecule has 1 fully saturated rings. The van der Waals surface area contributed by atoms with E-state index in [1.54, 1.807) is 24.3 Å². The Kier molecular flexibility index (Phi) is 5.53. The summed E-state index contributed by atoms with van der Waals surface area (Å²) in [5.74, 6) is 0.295. The normalized spacial score (nSPS) is 18.4. The molecule has 3 rings (SSSR count). The van der Waals surface area contributed by atoms with Crippen LogP contribution >= 0.6 is 0 Å². The highest BCUT2D eigenvalue weighted by molar-refractivity contribution is 7.89. The van der Waals surface area contributed by atoms with Crippen molar-refractivity contribution in [3.05, 3.63) is 59.7 Å². The largest absolute Gasteiger partial charge is 0.491 e. The van der Waals surface area contributed by atoms with Crippen LogP contribution in [0.15, 0.2) is 53.4 Å². The molecule has 6 nitrogen and oxygen atoms in total. The van der Waals surface area contributed by atoms with Crippen molar-refractivity contribution in [1.29, 1.82) is 0 Å². The van der Waals surface area contributed by atoms with E-state index in [1.807, 2.05) is 32.9 Å². The Labute approximate surface area is 160 Å². The fraction of sp³-hybridized carbons (Fsp3) is 0.350. The highest BCUT2D eigenvalue weighted by Gasteiger charge is 2.39. The van der Waals surface area contributed by atoms with E-state index in [2.05, 4.69) is 5.32 Å². The maximum Gasteiger partial charge on any atom is 0.244 e. The number of ether oxygens (including phenoxy) is 1. The van der Waals surface area contributed by atoms with Crippen molar-refractivity contribution in [2.45, 2.75) is 37.8 Å². The molecule has 2 aromatic carbocycles. The Morgan fingerprint density at radius 1 is 1.07 bits per heavy atom. The molecular formula is C20H24N2O4S. The van der Waals surface area contributed by atoms with Gasteiger partial charge in [0, 0.05) is 13.1 Å². The van der Waals surface area contributed by atoms with Gasteiger partial charge in [0.1, 0.15) is 11.8 Å². The van der Waals surface area contributed by atoms with Gasteiger partial charge in [0.2, 0.25) is 15.9 Å². The lowest BCUT2D eigenvalue weighted by atomic mass is 10.0. The predicted octanol–water partition coefficient (Wildman–Crippen LogP) is 2.64. The van der Waals surface area contributed by atoms with E-state index >= 15 is 0 Å².